The normalized spacial score (nSPS) is 12.7. The molecular formula is C7H13O3. The molecule has 0 aromatic heterocycles. The highest BCUT2D eigenvalue weighted by Gasteiger charge is 2.06. The Morgan fingerprint density at radius 2 is 2.30 bits per heavy atom. The minimum atomic E-state index is -0.470. The molecule has 0 aromatic rings. The SMILES string of the molecule is [CH2]CC(OCC)OC(C)=O. The fourth-order valence-electron chi connectivity index (χ4n) is 0.547. The van der Waals surface area contributed by atoms with Gasteiger partial charge >= 0.3 is 5.97 Å². The Labute approximate surface area is 61.3 Å². The maximum Gasteiger partial charge on any atom is 0.304 e. The van der Waals surface area contributed by atoms with Gasteiger partial charge < -0.3 is 9.47 Å². The number of rotatable bonds is 4. The average molecular weight is 145 g/mol. The van der Waals surface area contributed by atoms with Crippen molar-refractivity contribution in [3.8, 4) is 0 Å². The Hall–Kier alpha value is -0.570. The summed E-state index contributed by atoms with van der Waals surface area (Å²) in [5.74, 6) is -0.331. The third-order valence-electron chi connectivity index (χ3n) is 0.886. The van der Waals surface area contributed by atoms with Gasteiger partial charge in [-0.2, -0.15) is 0 Å². The van der Waals surface area contributed by atoms with Gasteiger partial charge in [0.15, 0.2) is 0 Å². The lowest BCUT2D eigenvalue weighted by molar-refractivity contribution is -0.174. The zero-order chi connectivity index (χ0) is 7.98. The van der Waals surface area contributed by atoms with Crippen molar-refractivity contribution in [2.24, 2.45) is 0 Å². The Morgan fingerprint density at radius 1 is 1.70 bits per heavy atom. The van der Waals surface area contributed by atoms with Crippen LogP contribution in [0.1, 0.15) is 20.3 Å². The van der Waals surface area contributed by atoms with Crippen LogP contribution in [0.4, 0.5) is 0 Å². The van der Waals surface area contributed by atoms with Crippen LogP contribution in [0.25, 0.3) is 0 Å². The molecule has 0 saturated carbocycles. The van der Waals surface area contributed by atoms with Gasteiger partial charge in [-0.15, -0.1) is 0 Å². The first kappa shape index (κ1) is 9.43. The summed E-state index contributed by atoms with van der Waals surface area (Å²) in [6.45, 7) is 7.28. The highest BCUT2D eigenvalue weighted by molar-refractivity contribution is 5.66. The second-order valence-electron chi connectivity index (χ2n) is 1.78. The van der Waals surface area contributed by atoms with Crippen molar-refractivity contribution in [3.63, 3.8) is 0 Å². The van der Waals surface area contributed by atoms with Crippen LogP contribution in [0.2, 0.25) is 0 Å². The molecule has 0 fully saturated rings. The van der Waals surface area contributed by atoms with Crippen LogP contribution in [0.5, 0.6) is 0 Å². The summed E-state index contributed by atoms with van der Waals surface area (Å²) in [6, 6.07) is 0. The summed E-state index contributed by atoms with van der Waals surface area (Å²) in [5, 5.41) is 0. The number of esters is 1. The van der Waals surface area contributed by atoms with Gasteiger partial charge in [-0.1, -0.05) is 0 Å². The summed E-state index contributed by atoms with van der Waals surface area (Å²) in [7, 11) is 0. The van der Waals surface area contributed by atoms with Gasteiger partial charge in [-0.25, -0.2) is 0 Å². The lowest BCUT2D eigenvalue weighted by Crippen LogP contribution is -2.18. The van der Waals surface area contributed by atoms with E-state index in [9.17, 15) is 4.79 Å². The van der Waals surface area contributed by atoms with Crippen LogP contribution in [0.3, 0.4) is 0 Å². The van der Waals surface area contributed by atoms with Crippen LogP contribution in [0.15, 0.2) is 0 Å². The third-order valence-corrected chi connectivity index (χ3v) is 0.886. The maximum absolute atomic E-state index is 10.4. The van der Waals surface area contributed by atoms with Crippen molar-refractivity contribution < 1.29 is 14.3 Å². The largest absolute Gasteiger partial charge is 0.436 e. The van der Waals surface area contributed by atoms with Crippen molar-refractivity contribution in [3.05, 3.63) is 6.92 Å². The quantitative estimate of drug-likeness (QED) is 0.439. The Balaban J connectivity index is 3.49. The van der Waals surface area contributed by atoms with Crippen molar-refractivity contribution in [1.29, 1.82) is 0 Å². The lowest BCUT2D eigenvalue weighted by atomic mass is 10.5. The molecule has 0 aliphatic heterocycles. The molecule has 0 aromatic carbocycles. The highest BCUT2D eigenvalue weighted by atomic mass is 16.7. The fraction of sp³-hybridized carbons (Fsp3) is 0.714. The van der Waals surface area contributed by atoms with E-state index in [2.05, 4.69) is 6.92 Å². The van der Waals surface area contributed by atoms with E-state index in [-0.39, 0.29) is 5.97 Å². The second-order valence-corrected chi connectivity index (χ2v) is 1.78. The van der Waals surface area contributed by atoms with Gasteiger partial charge in [0.2, 0.25) is 6.29 Å². The third kappa shape index (κ3) is 4.32. The van der Waals surface area contributed by atoms with Crippen LogP contribution < -0.4 is 0 Å². The minimum Gasteiger partial charge on any atom is -0.436 e. The zero-order valence-electron chi connectivity index (χ0n) is 6.42. The smallest absolute Gasteiger partial charge is 0.304 e. The van der Waals surface area contributed by atoms with Gasteiger partial charge in [0.05, 0.1) is 0 Å². The first-order valence-corrected chi connectivity index (χ1v) is 3.28. The Bertz CT molecular complexity index is 101. The number of ether oxygens (including phenoxy) is 2. The molecule has 3 nitrogen and oxygen atoms in total. The molecule has 3 heteroatoms. The van der Waals surface area contributed by atoms with Crippen molar-refractivity contribution in [1.82, 2.24) is 0 Å². The number of hydrogen-bond acceptors (Lipinski definition) is 3. The zero-order valence-corrected chi connectivity index (χ0v) is 6.42. The van der Waals surface area contributed by atoms with Crippen LogP contribution >= 0.6 is 0 Å². The van der Waals surface area contributed by atoms with Gasteiger partial charge in [0.1, 0.15) is 0 Å². The van der Waals surface area contributed by atoms with E-state index in [1.807, 2.05) is 6.92 Å². The van der Waals surface area contributed by atoms with Gasteiger partial charge in [-0.3, -0.25) is 4.79 Å². The Morgan fingerprint density at radius 3 is 2.60 bits per heavy atom. The lowest BCUT2D eigenvalue weighted by Gasteiger charge is -2.13. The molecule has 0 heterocycles. The van der Waals surface area contributed by atoms with Crippen molar-refractivity contribution in [2.75, 3.05) is 6.61 Å². The first-order valence-electron chi connectivity index (χ1n) is 3.28. The summed E-state index contributed by atoms with van der Waals surface area (Å²) in [4.78, 5) is 10.4. The molecule has 1 unspecified atom stereocenters. The minimum absolute atomic E-state index is 0.331. The van der Waals surface area contributed by atoms with Crippen LogP contribution in [0, 0.1) is 6.92 Å². The molecule has 0 bridgehead atoms. The standard InChI is InChI=1S/C7H13O3/c1-4-7(9-5-2)10-6(3)8/h7H,1,4-5H2,2-3H3. The second kappa shape index (κ2) is 5.23. The van der Waals surface area contributed by atoms with E-state index in [4.69, 9.17) is 9.47 Å². The average Bonchev–Trinajstić information content (AvgIpc) is 1.86. The van der Waals surface area contributed by atoms with E-state index in [0.29, 0.717) is 13.0 Å². The first-order chi connectivity index (χ1) is 4.70. The van der Waals surface area contributed by atoms with Crippen molar-refractivity contribution >= 4 is 5.97 Å². The molecule has 0 spiro atoms. The molecule has 0 amide bonds. The summed E-state index contributed by atoms with van der Waals surface area (Å²) in [5.41, 5.74) is 0. The number of carbonyl (C=O) groups excluding carboxylic acids is 1. The van der Waals surface area contributed by atoms with E-state index in [0.717, 1.165) is 0 Å². The predicted molar refractivity (Wildman–Crippen MR) is 37.2 cm³/mol. The molecule has 0 N–H and O–H groups in total. The van der Waals surface area contributed by atoms with Gasteiger partial charge in [-0.05, 0) is 13.8 Å². The van der Waals surface area contributed by atoms with E-state index >= 15 is 0 Å². The molecule has 1 radical (unpaired) electrons. The Kier molecular flexibility index (Phi) is 4.94. The molecule has 0 rings (SSSR count). The van der Waals surface area contributed by atoms with E-state index in [1.54, 1.807) is 0 Å². The summed E-state index contributed by atoms with van der Waals surface area (Å²) in [6.07, 6.45) is -0.0181. The van der Waals surface area contributed by atoms with Gasteiger partial charge in [0.25, 0.3) is 0 Å². The van der Waals surface area contributed by atoms with E-state index in [1.165, 1.54) is 6.92 Å². The molecule has 0 saturated heterocycles. The maximum atomic E-state index is 10.4. The summed E-state index contributed by atoms with van der Waals surface area (Å²) >= 11 is 0. The highest BCUT2D eigenvalue weighted by Crippen LogP contribution is 1.99. The van der Waals surface area contributed by atoms with Crippen LogP contribution in [-0.4, -0.2) is 18.9 Å². The molecule has 59 valence electrons. The monoisotopic (exact) mass is 145 g/mol. The van der Waals surface area contributed by atoms with E-state index < -0.39 is 6.29 Å². The number of hydrogen-bond donors (Lipinski definition) is 0. The topological polar surface area (TPSA) is 35.5 Å². The molecule has 10 heavy (non-hydrogen) atoms. The molecule has 0 aliphatic carbocycles. The number of carbonyl (C=O) groups is 1. The fourth-order valence-corrected chi connectivity index (χ4v) is 0.547. The molecule has 1 atom stereocenters. The summed E-state index contributed by atoms with van der Waals surface area (Å²) < 4.78 is 9.71. The molecular weight excluding hydrogens is 132 g/mol. The van der Waals surface area contributed by atoms with Gasteiger partial charge in [0, 0.05) is 20.0 Å². The van der Waals surface area contributed by atoms with Crippen molar-refractivity contribution in [2.45, 2.75) is 26.6 Å². The van der Waals surface area contributed by atoms with Crippen LogP contribution in [-0.2, 0) is 14.3 Å². The molecule has 0 aliphatic rings. The predicted octanol–water partition coefficient (Wildman–Crippen LogP) is 1.14.